The van der Waals surface area contributed by atoms with Crippen LogP contribution in [-0.4, -0.2) is 24.9 Å². The van der Waals surface area contributed by atoms with E-state index in [0.717, 1.165) is 32.8 Å². The van der Waals surface area contributed by atoms with Crippen molar-refractivity contribution in [1.29, 1.82) is 0 Å². The lowest BCUT2D eigenvalue weighted by atomic mass is 9.85. The van der Waals surface area contributed by atoms with E-state index in [9.17, 15) is 14.4 Å². The average molecular weight is 430 g/mol. The van der Waals surface area contributed by atoms with Crippen LogP contribution in [0.2, 0.25) is 0 Å². The summed E-state index contributed by atoms with van der Waals surface area (Å²) >= 11 is 3.55. The predicted molar refractivity (Wildman–Crippen MR) is 106 cm³/mol. The second-order valence-electron chi connectivity index (χ2n) is 6.55. The van der Waals surface area contributed by atoms with E-state index >= 15 is 0 Å². The number of carbonyl (C=O) groups excluding carboxylic acids is 3. The molecule has 6 heteroatoms. The number of ether oxygens (including phenoxy) is 1. The van der Waals surface area contributed by atoms with Crippen LogP contribution in [0.4, 0.5) is 4.79 Å². The van der Waals surface area contributed by atoms with Gasteiger partial charge in [0.2, 0.25) is 5.91 Å². The minimum atomic E-state index is -0.788. The number of amides is 2. The molecule has 0 fully saturated rings. The summed E-state index contributed by atoms with van der Waals surface area (Å²) in [6.07, 6.45) is 1.65. The van der Waals surface area contributed by atoms with Gasteiger partial charge in [0.15, 0.2) is 5.78 Å². The summed E-state index contributed by atoms with van der Waals surface area (Å²) in [6, 6.07) is 12.1. The smallest absolute Gasteiger partial charge is 0.413 e. The molecule has 140 valence electrons. The highest BCUT2D eigenvalue weighted by Crippen LogP contribution is 2.29. The second-order valence-corrected chi connectivity index (χ2v) is 7.40. The molecule has 1 aliphatic carbocycles. The summed E-state index contributed by atoms with van der Waals surface area (Å²) in [5.74, 6) is -0.372. The first kappa shape index (κ1) is 19.3. The number of hydrogen-bond acceptors (Lipinski definition) is 4. The van der Waals surface area contributed by atoms with Gasteiger partial charge >= 0.3 is 6.09 Å². The van der Waals surface area contributed by atoms with Crippen molar-refractivity contribution in [3.8, 4) is 0 Å². The SMILES string of the molecule is COC(=O)NC(=O)CC1=C(Cc2ccc3c(Br)cccc3c2)C(=O)CCC1. The van der Waals surface area contributed by atoms with Crippen LogP contribution in [0.15, 0.2) is 52.0 Å². The van der Waals surface area contributed by atoms with E-state index < -0.39 is 12.0 Å². The fraction of sp³-hybridized carbons (Fsp3) is 0.286. The Morgan fingerprint density at radius 1 is 1.19 bits per heavy atom. The first-order valence-electron chi connectivity index (χ1n) is 8.77. The van der Waals surface area contributed by atoms with Crippen LogP contribution in [0.5, 0.6) is 0 Å². The normalized spacial score (nSPS) is 14.4. The number of benzene rings is 2. The summed E-state index contributed by atoms with van der Waals surface area (Å²) in [5.41, 5.74) is 2.52. The Morgan fingerprint density at radius 3 is 2.78 bits per heavy atom. The lowest BCUT2D eigenvalue weighted by molar-refractivity contribution is -0.119. The Hall–Kier alpha value is -2.47. The summed E-state index contributed by atoms with van der Waals surface area (Å²) in [6.45, 7) is 0. The maximum absolute atomic E-state index is 12.5. The molecule has 2 aromatic rings. The lowest BCUT2D eigenvalue weighted by Gasteiger charge is -2.19. The highest BCUT2D eigenvalue weighted by Gasteiger charge is 2.23. The average Bonchev–Trinajstić information content (AvgIpc) is 2.64. The third-order valence-electron chi connectivity index (χ3n) is 4.72. The first-order valence-corrected chi connectivity index (χ1v) is 9.56. The third kappa shape index (κ3) is 4.63. The monoisotopic (exact) mass is 429 g/mol. The number of Topliss-reactive ketones (excluding diaryl/α,β-unsaturated/α-hetero) is 1. The van der Waals surface area contributed by atoms with Crippen LogP contribution in [0.25, 0.3) is 10.8 Å². The highest BCUT2D eigenvalue weighted by atomic mass is 79.9. The van der Waals surface area contributed by atoms with Gasteiger partial charge in [-0.25, -0.2) is 4.79 Å². The predicted octanol–water partition coefficient (Wildman–Crippen LogP) is 4.47. The van der Waals surface area contributed by atoms with Crippen molar-refractivity contribution in [2.75, 3.05) is 7.11 Å². The fourth-order valence-corrected chi connectivity index (χ4v) is 3.90. The van der Waals surface area contributed by atoms with E-state index in [0.29, 0.717) is 24.8 Å². The van der Waals surface area contributed by atoms with Gasteiger partial charge in [-0.15, -0.1) is 0 Å². The van der Waals surface area contributed by atoms with Crippen LogP contribution in [-0.2, 0) is 20.7 Å². The van der Waals surface area contributed by atoms with Gasteiger partial charge in [0.1, 0.15) is 0 Å². The Morgan fingerprint density at radius 2 is 2.00 bits per heavy atom. The van der Waals surface area contributed by atoms with Crippen LogP contribution in [0, 0.1) is 0 Å². The van der Waals surface area contributed by atoms with Crippen molar-refractivity contribution >= 4 is 44.5 Å². The number of ketones is 1. The fourth-order valence-electron chi connectivity index (χ4n) is 3.39. The molecular formula is C21H20BrNO4. The number of fused-ring (bicyclic) bond motifs is 1. The topological polar surface area (TPSA) is 72.5 Å². The van der Waals surface area contributed by atoms with E-state index in [1.165, 1.54) is 7.11 Å². The zero-order valence-corrected chi connectivity index (χ0v) is 16.6. The number of alkyl carbamates (subject to hydrolysis) is 1. The molecule has 0 heterocycles. The molecule has 0 atom stereocenters. The van der Waals surface area contributed by atoms with Crippen molar-refractivity contribution in [2.24, 2.45) is 0 Å². The molecule has 0 radical (unpaired) electrons. The third-order valence-corrected chi connectivity index (χ3v) is 5.41. The Kier molecular flexibility index (Phi) is 6.06. The molecule has 0 aromatic heterocycles. The second kappa shape index (κ2) is 8.48. The number of allylic oxidation sites excluding steroid dienone is 1. The number of halogens is 1. The molecule has 2 aromatic carbocycles. The number of rotatable bonds is 4. The number of hydrogen-bond donors (Lipinski definition) is 1. The molecule has 5 nitrogen and oxygen atoms in total. The van der Waals surface area contributed by atoms with Gasteiger partial charge in [0, 0.05) is 23.7 Å². The maximum atomic E-state index is 12.5. The van der Waals surface area contributed by atoms with E-state index in [4.69, 9.17) is 0 Å². The molecule has 0 bridgehead atoms. The molecule has 0 spiro atoms. The zero-order valence-electron chi connectivity index (χ0n) is 15.0. The molecule has 27 heavy (non-hydrogen) atoms. The van der Waals surface area contributed by atoms with Gasteiger partial charge < -0.3 is 4.74 Å². The van der Waals surface area contributed by atoms with Crippen molar-refractivity contribution in [2.45, 2.75) is 32.1 Å². The van der Waals surface area contributed by atoms with Crippen molar-refractivity contribution in [3.05, 3.63) is 57.6 Å². The molecule has 0 saturated heterocycles. The van der Waals surface area contributed by atoms with Gasteiger partial charge in [0.25, 0.3) is 0 Å². The summed E-state index contributed by atoms with van der Waals surface area (Å²) in [7, 11) is 1.20. The first-order chi connectivity index (χ1) is 13.0. The molecule has 0 unspecified atom stereocenters. The maximum Gasteiger partial charge on any atom is 0.413 e. The van der Waals surface area contributed by atoms with Crippen LogP contribution in [0.1, 0.15) is 31.2 Å². The van der Waals surface area contributed by atoms with Crippen molar-refractivity contribution < 1.29 is 19.1 Å². The lowest BCUT2D eigenvalue weighted by Crippen LogP contribution is -2.31. The number of imide groups is 1. The Bertz CT molecular complexity index is 948. The summed E-state index contributed by atoms with van der Waals surface area (Å²) < 4.78 is 5.47. The molecule has 0 aliphatic heterocycles. The Labute approximate surface area is 165 Å². The summed E-state index contributed by atoms with van der Waals surface area (Å²) in [4.78, 5) is 35.7. The van der Waals surface area contributed by atoms with E-state index in [2.05, 4.69) is 32.0 Å². The van der Waals surface area contributed by atoms with E-state index in [1.54, 1.807) is 0 Å². The van der Waals surface area contributed by atoms with Crippen molar-refractivity contribution in [3.63, 3.8) is 0 Å². The van der Waals surface area contributed by atoms with E-state index in [-0.39, 0.29) is 12.2 Å². The number of carbonyl (C=O) groups is 3. The quantitative estimate of drug-likeness (QED) is 0.777. The molecule has 1 aliphatic rings. The molecular weight excluding hydrogens is 410 g/mol. The van der Waals surface area contributed by atoms with Gasteiger partial charge in [-0.1, -0.05) is 51.8 Å². The molecule has 0 saturated carbocycles. The summed E-state index contributed by atoms with van der Waals surface area (Å²) in [5, 5.41) is 4.36. The number of nitrogens with one attached hydrogen (secondary N) is 1. The number of methoxy groups -OCH3 is 1. The van der Waals surface area contributed by atoms with Crippen molar-refractivity contribution in [1.82, 2.24) is 5.32 Å². The highest BCUT2D eigenvalue weighted by molar-refractivity contribution is 9.10. The standard InChI is InChI=1S/C21H20BrNO4/c1-27-21(26)23-20(25)12-15-5-3-7-19(24)17(15)11-13-8-9-16-14(10-13)4-2-6-18(16)22/h2,4,6,8-10H,3,5,7,11-12H2,1H3,(H,23,25,26). The minimum absolute atomic E-state index is 0.0370. The van der Waals surface area contributed by atoms with Gasteiger partial charge in [-0.05, 0) is 40.8 Å². The zero-order chi connectivity index (χ0) is 19.4. The van der Waals surface area contributed by atoms with Crippen LogP contribution in [0.3, 0.4) is 0 Å². The molecule has 2 amide bonds. The Balaban J connectivity index is 1.86. The van der Waals surface area contributed by atoms with Gasteiger partial charge in [0.05, 0.1) is 7.11 Å². The van der Waals surface area contributed by atoms with E-state index in [1.807, 2.05) is 30.3 Å². The van der Waals surface area contributed by atoms with Crippen LogP contribution < -0.4 is 5.32 Å². The minimum Gasteiger partial charge on any atom is -0.453 e. The largest absolute Gasteiger partial charge is 0.453 e. The van der Waals surface area contributed by atoms with Gasteiger partial charge in [-0.3, -0.25) is 14.9 Å². The molecule has 3 rings (SSSR count). The van der Waals surface area contributed by atoms with Crippen LogP contribution >= 0.6 is 15.9 Å². The molecule has 1 N–H and O–H groups in total. The van der Waals surface area contributed by atoms with Gasteiger partial charge in [-0.2, -0.15) is 0 Å².